The van der Waals surface area contributed by atoms with Crippen molar-refractivity contribution in [2.24, 2.45) is 0 Å². The minimum Gasteiger partial charge on any atom is -0.384 e. The summed E-state index contributed by atoms with van der Waals surface area (Å²) in [7, 11) is 0. The van der Waals surface area contributed by atoms with Crippen LogP contribution in [0, 0.1) is 11.8 Å². The summed E-state index contributed by atoms with van der Waals surface area (Å²) in [5.74, 6) is 5.24. The molecule has 21 heavy (non-hydrogen) atoms. The molecule has 0 aliphatic carbocycles. The topological polar surface area (TPSA) is 62.2 Å². The van der Waals surface area contributed by atoms with Crippen molar-refractivity contribution in [3.05, 3.63) is 65.5 Å². The van der Waals surface area contributed by atoms with E-state index in [1.165, 1.54) is 0 Å². The number of rotatable bonds is 4. The van der Waals surface area contributed by atoms with Gasteiger partial charge in [-0.1, -0.05) is 17.9 Å². The first-order valence-corrected chi connectivity index (χ1v) is 6.66. The van der Waals surface area contributed by atoms with Gasteiger partial charge >= 0.3 is 0 Å². The molecule has 0 aliphatic rings. The van der Waals surface area contributed by atoms with Crippen molar-refractivity contribution in [2.45, 2.75) is 6.42 Å². The van der Waals surface area contributed by atoms with Crippen LogP contribution in [0.2, 0.25) is 0 Å². The van der Waals surface area contributed by atoms with Crippen LogP contribution in [0.3, 0.4) is 0 Å². The number of nitrogens with one attached hydrogen (secondary N) is 1. The predicted octanol–water partition coefficient (Wildman–Crippen LogP) is 1.40. The Morgan fingerprint density at radius 2 is 2.05 bits per heavy atom. The molecule has 0 atom stereocenters. The molecule has 2 rings (SSSR count). The summed E-state index contributed by atoms with van der Waals surface area (Å²) in [4.78, 5) is 16.0. The SMILES string of the molecule is O=C(NCCc1cccnc1)c1ccc(C#CCO)cc1. The second-order valence-corrected chi connectivity index (χ2v) is 4.40. The molecule has 4 nitrogen and oxygen atoms in total. The van der Waals surface area contributed by atoms with Gasteiger partial charge in [-0.25, -0.2) is 0 Å². The van der Waals surface area contributed by atoms with E-state index in [1.807, 2.05) is 12.1 Å². The number of aliphatic hydroxyl groups excluding tert-OH is 1. The fourth-order valence-electron chi connectivity index (χ4n) is 1.81. The Morgan fingerprint density at radius 3 is 2.71 bits per heavy atom. The van der Waals surface area contributed by atoms with E-state index < -0.39 is 0 Å². The normalized spacial score (nSPS) is 9.57. The number of nitrogens with zero attached hydrogens (tertiary/aromatic N) is 1. The molecule has 0 bridgehead atoms. The second-order valence-electron chi connectivity index (χ2n) is 4.40. The molecular formula is C17H16N2O2. The third kappa shape index (κ3) is 4.75. The number of amides is 1. The molecule has 0 spiro atoms. The van der Waals surface area contributed by atoms with Crippen LogP contribution in [0.5, 0.6) is 0 Å². The number of hydrogen-bond donors (Lipinski definition) is 2. The zero-order valence-electron chi connectivity index (χ0n) is 11.5. The van der Waals surface area contributed by atoms with Crippen molar-refractivity contribution in [3.63, 3.8) is 0 Å². The highest BCUT2D eigenvalue weighted by atomic mass is 16.2. The molecule has 106 valence electrons. The maximum absolute atomic E-state index is 12.0. The van der Waals surface area contributed by atoms with Gasteiger partial charge in [0.25, 0.3) is 5.91 Å². The van der Waals surface area contributed by atoms with Crippen LogP contribution in [-0.4, -0.2) is 29.1 Å². The summed E-state index contributed by atoms with van der Waals surface area (Å²) >= 11 is 0. The minimum absolute atomic E-state index is 0.111. The average Bonchev–Trinajstić information content (AvgIpc) is 2.54. The van der Waals surface area contributed by atoms with Crippen molar-refractivity contribution >= 4 is 5.91 Å². The Morgan fingerprint density at radius 1 is 1.24 bits per heavy atom. The van der Waals surface area contributed by atoms with E-state index in [1.54, 1.807) is 36.7 Å². The number of aromatic nitrogens is 1. The van der Waals surface area contributed by atoms with Crippen LogP contribution in [-0.2, 0) is 6.42 Å². The van der Waals surface area contributed by atoms with E-state index in [0.717, 1.165) is 17.5 Å². The lowest BCUT2D eigenvalue weighted by Crippen LogP contribution is -2.25. The van der Waals surface area contributed by atoms with Crippen molar-refractivity contribution in [1.29, 1.82) is 0 Å². The molecule has 2 aromatic rings. The predicted molar refractivity (Wildman–Crippen MR) is 80.7 cm³/mol. The van der Waals surface area contributed by atoms with Gasteiger partial charge in [-0.2, -0.15) is 0 Å². The first-order valence-electron chi connectivity index (χ1n) is 6.66. The Hall–Kier alpha value is -2.64. The lowest BCUT2D eigenvalue weighted by Gasteiger charge is -2.05. The lowest BCUT2D eigenvalue weighted by molar-refractivity contribution is 0.0954. The van der Waals surface area contributed by atoms with Crippen molar-refractivity contribution in [2.75, 3.05) is 13.2 Å². The van der Waals surface area contributed by atoms with Gasteiger partial charge in [-0.05, 0) is 42.3 Å². The molecule has 0 saturated heterocycles. The lowest BCUT2D eigenvalue weighted by atomic mass is 10.1. The summed E-state index contributed by atoms with van der Waals surface area (Å²) in [5.41, 5.74) is 2.46. The van der Waals surface area contributed by atoms with E-state index in [2.05, 4.69) is 22.1 Å². The first-order chi connectivity index (χ1) is 10.3. The van der Waals surface area contributed by atoms with Crippen LogP contribution in [0.4, 0.5) is 0 Å². The van der Waals surface area contributed by atoms with E-state index in [-0.39, 0.29) is 12.5 Å². The molecule has 1 amide bonds. The smallest absolute Gasteiger partial charge is 0.251 e. The zero-order valence-corrected chi connectivity index (χ0v) is 11.5. The number of carbonyl (C=O) groups excluding carboxylic acids is 1. The molecule has 0 saturated carbocycles. The van der Waals surface area contributed by atoms with Crippen molar-refractivity contribution in [3.8, 4) is 11.8 Å². The van der Waals surface area contributed by atoms with Gasteiger partial charge in [0.15, 0.2) is 0 Å². The Kier molecular flexibility index (Phi) is 5.50. The highest BCUT2D eigenvalue weighted by Crippen LogP contribution is 2.03. The molecule has 2 N–H and O–H groups in total. The number of hydrogen-bond acceptors (Lipinski definition) is 3. The maximum atomic E-state index is 12.0. The summed E-state index contributed by atoms with van der Waals surface area (Å²) in [6, 6.07) is 10.8. The number of benzene rings is 1. The quantitative estimate of drug-likeness (QED) is 0.832. The van der Waals surface area contributed by atoms with Gasteiger partial charge in [-0.3, -0.25) is 9.78 Å². The van der Waals surface area contributed by atoms with Gasteiger partial charge in [0.05, 0.1) is 0 Å². The van der Waals surface area contributed by atoms with E-state index in [4.69, 9.17) is 5.11 Å². The molecular weight excluding hydrogens is 264 g/mol. The molecule has 4 heteroatoms. The number of aliphatic hydroxyl groups is 1. The fraction of sp³-hybridized carbons (Fsp3) is 0.176. The summed E-state index contributed by atoms with van der Waals surface area (Å²) in [6.07, 6.45) is 4.27. The van der Waals surface area contributed by atoms with Gasteiger partial charge in [-0.15, -0.1) is 0 Å². The number of carbonyl (C=O) groups is 1. The summed E-state index contributed by atoms with van der Waals surface area (Å²) in [6.45, 7) is 0.396. The molecule has 1 aromatic carbocycles. The molecule has 0 radical (unpaired) electrons. The molecule has 0 unspecified atom stereocenters. The summed E-state index contributed by atoms with van der Waals surface area (Å²) < 4.78 is 0. The van der Waals surface area contributed by atoms with Gasteiger partial charge < -0.3 is 10.4 Å². The van der Waals surface area contributed by atoms with Crippen LogP contribution in [0.1, 0.15) is 21.5 Å². The molecule has 1 heterocycles. The Bertz CT molecular complexity index is 640. The Balaban J connectivity index is 1.85. The van der Waals surface area contributed by atoms with E-state index in [0.29, 0.717) is 12.1 Å². The maximum Gasteiger partial charge on any atom is 0.251 e. The second kappa shape index (κ2) is 7.83. The fourth-order valence-corrected chi connectivity index (χ4v) is 1.81. The largest absolute Gasteiger partial charge is 0.384 e. The molecule has 1 aromatic heterocycles. The van der Waals surface area contributed by atoms with E-state index in [9.17, 15) is 4.79 Å². The van der Waals surface area contributed by atoms with E-state index >= 15 is 0 Å². The highest BCUT2D eigenvalue weighted by Gasteiger charge is 2.04. The molecule has 0 aliphatic heterocycles. The van der Waals surface area contributed by atoms with Crippen LogP contribution in [0.25, 0.3) is 0 Å². The minimum atomic E-state index is -0.170. The van der Waals surface area contributed by atoms with Crippen LogP contribution >= 0.6 is 0 Å². The monoisotopic (exact) mass is 280 g/mol. The third-order valence-electron chi connectivity index (χ3n) is 2.88. The third-order valence-corrected chi connectivity index (χ3v) is 2.88. The standard InChI is InChI=1S/C17H16N2O2/c20-12-2-4-14-5-7-16(8-6-14)17(21)19-11-9-15-3-1-10-18-13-15/h1,3,5-8,10,13,20H,9,11-12H2,(H,19,21). The number of pyridine rings is 1. The van der Waals surface area contributed by atoms with Crippen molar-refractivity contribution in [1.82, 2.24) is 10.3 Å². The van der Waals surface area contributed by atoms with Gasteiger partial charge in [0, 0.05) is 30.1 Å². The van der Waals surface area contributed by atoms with Crippen molar-refractivity contribution < 1.29 is 9.90 Å². The van der Waals surface area contributed by atoms with Crippen LogP contribution < -0.4 is 5.32 Å². The van der Waals surface area contributed by atoms with Crippen LogP contribution in [0.15, 0.2) is 48.8 Å². The average molecular weight is 280 g/mol. The summed E-state index contributed by atoms with van der Waals surface area (Å²) in [5, 5.41) is 11.5. The highest BCUT2D eigenvalue weighted by molar-refractivity contribution is 5.94. The van der Waals surface area contributed by atoms with Gasteiger partial charge in [0.2, 0.25) is 0 Å². The first kappa shape index (κ1) is 14.8. The Labute approximate surface area is 123 Å². The molecule has 0 fully saturated rings. The van der Waals surface area contributed by atoms with Gasteiger partial charge in [0.1, 0.15) is 6.61 Å². The zero-order chi connectivity index (χ0) is 14.9.